The molecule has 0 heterocycles. The number of benzene rings is 2. The van der Waals surface area contributed by atoms with E-state index in [0.717, 1.165) is 16.9 Å². The van der Waals surface area contributed by atoms with Crippen LogP contribution >= 0.6 is 0 Å². The average molecular weight is 283 g/mol. The number of nitrogen functional groups attached to an aromatic ring is 1. The van der Waals surface area contributed by atoms with E-state index in [2.05, 4.69) is 0 Å². The van der Waals surface area contributed by atoms with E-state index in [0.29, 0.717) is 11.3 Å². The molecule has 4 nitrogen and oxygen atoms in total. The Bertz CT molecular complexity index is 677. The fourth-order valence-electron chi connectivity index (χ4n) is 1.90. The summed E-state index contributed by atoms with van der Waals surface area (Å²) in [5, 5.41) is 0. The summed E-state index contributed by atoms with van der Waals surface area (Å²) in [6.45, 7) is 0. The molecule has 2 N–H and O–H groups in total. The lowest BCUT2D eigenvalue weighted by molar-refractivity contribution is 0.0600. The van der Waals surface area contributed by atoms with Crippen LogP contribution in [0.5, 0.6) is 5.75 Å². The van der Waals surface area contributed by atoms with Gasteiger partial charge in [0.25, 0.3) is 0 Å². The third-order valence-corrected chi connectivity index (χ3v) is 3.06. The molecule has 0 saturated carbocycles. The summed E-state index contributed by atoms with van der Waals surface area (Å²) in [6, 6.07) is 12.7. The maximum atomic E-state index is 11.5. The number of rotatable bonds is 4. The van der Waals surface area contributed by atoms with Gasteiger partial charge in [0.2, 0.25) is 0 Å². The first-order chi connectivity index (χ1) is 10.1. The van der Waals surface area contributed by atoms with Crippen molar-refractivity contribution in [1.82, 2.24) is 0 Å². The second-order valence-electron chi connectivity index (χ2n) is 4.45. The molecular formula is C17H17NO3. The normalized spacial score (nSPS) is 10.6. The van der Waals surface area contributed by atoms with E-state index in [1.165, 1.54) is 7.11 Å². The van der Waals surface area contributed by atoms with Crippen molar-refractivity contribution in [3.63, 3.8) is 0 Å². The van der Waals surface area contributed by atoms with Gasteiger partial charge in [0.1, 0.15) is 5.75 Å². The molecule has 0 unspecified atom stereocenters. The summed E-state index contributed by atoms with van der Waals surface area (Å²) in [5.74, 6) is 0.367. The quantitative estimate of drug-likeness (QED) is 0.531. The van der Waals surface area contributed by atoms with Gasteiger partial charge in [-0.25, -0.2) is 4.79 Å². The molecule has 2 aromatic carbocycles. The first-order valence-corrected chi connectivity index (χ1v) is 6.44. The molecule has 2 aromatic rings. The lowest BCUT2D eigenvalue weighted by atomic mass is 10.1. The highest BCUT2D eigenvalue weighted by Gasteiger charge is 2.04. The van der Waals surface area contributed by atoms with Gasteiger partial charge in [-0.1, -0.05) is 24.3 Å². The zero-order valence-electron chi connectivity index (χ0n) is 12.0. The lowest BCUT2D eigenvalue weighted by Crippen LogP contribution is -2.00. The second kappa shape index (κ2) is 6.61. The van der Waals surface area contributed by atoms with E-state index < -0.39 is 0 Å². The number of anilines is 1. The third kappa shape index (κ3) is 3.63. The summed E-state index contributed by atoms with van der Waals surface area (Å²) in [4.78, 5) is 11.5. The Kier molecular flexibility index (Phi) is 4.61. The number of carbonyl (C=O) groups is 1. The maximum absolute atomic E-state index is 11.5. The number of methoxy groups -OCH3 is 2. The van der Waals surface area contributed by atoms with Gasteiger partial charge >= 0.3 is 5.97 Å². The largest absolute Gasteiger partial charge is 0.497 e. The van der Waals surface area contributed by atoms with Crippen molar-refractivity contribution >= 4 is 23.8 Å². The molecule has 0 fully saturated rings. The van der Waals surface area contributed by atoms with E-state index >= 15 is 0 Å². The fraction of sp³-hybridized carbons (Fsp3) is 0.118. The molecule has 0 spiro atoms. The number of hydrogen-bond donors (Lipinski definition) is 1. The summed E-state index contributed by atoms with van der Waals surface area (Å²) < 4.78 is 9.81. The van der Waals surface area contributed by atoms with Crippen molar-refractivity contribution in [3.8, 4) is 5.75 Å². The van der Waals surface area contributed by atoms with E-state index in [1.54, 1.807) is 25.3 Å². The first kappa shape index (κ1) is 14.7. The maximum Gasteiger partial charge on any atom is 0.337 e. The van der Waals surface area contributed by atoms with Gasteiger partial charge < -0.3 is 15.2 Å². The number of hydrogen-bond acceptors (Lipinski definition) is 4. The summed E-state index contributed by atoms with van der Waals surface area (Å²) in [5.41, 5.74) is 8.89. The number of carbonyl (C=O) groups excluding carboxylic acids is 1. The van der Waals surface area contributed by atoms with Crippen LogP contribution in [0.15, 0.2) is 42.5 Å². The van der Waals surface area contributed by atoms with Crippen LogP contribution in [0.4, 0.5) is 5.69 Å². The summed E-state index contributed by atoms with van der Waals surface area (Å²) in [6.07, 6.45) is 3.79. The molecule has 108 valence electrons. The topological polar surface area (TPSA) is 61.5 Å². The molecule has 2 rings (SSSR count). The number of nitrogens with two attached hydrogens (primary N) is 1. The Balaban J connectivity index is 2.23. The van der Waals surface area contributed by atoms with Crippen molar-refractivity contribution in [2.24, 2.45) is 0 Å². The zero-order valence-corrected chi connectivity index (χ0v) is 12.0. The highest BCUT2D eigenvalue weighted by atomic mass is 16.5. The van der Waals surface area contributed by atoms with Gasteiger partial charge in [0, 0.05) is 11.8 Å². The van der Waals surface area contributed by atoms with Crippen molar-refractivity contribution in [2.45, 2.75) is 0 Å². The minimum atomic E-state index is -0.353. The van der Waals surface area contributed by atoms with Crippen molar-refractivity contribution in [3.05, 3.63) is 59.2 Å². The van der Waals surface area contributed by atoms with Gasteiger partial charge in [-0.2, -0.15) is 0 Å². The van der Waals surface area contributed by atoms with Crippen molar-refractivity contribution in [1.29, 1.82) is 0 Å². The molecule has 0 aliphatic rings. The van der Waals surface area contributed by atoms with Crippen molar-refractivity contribution in [2.75, 3.05) is 20.0 Å². The Morgan fingerprint density at radius 2 is 1.90 bits per heavy atom. The monoisotopic (exact) mass is 283 g/mol. The molecule has 0 saturated heterocycles. The van der Waals surface area contributed by atoms with E-state index in [4.69, 9.17) is 15.2 Å². The van der Waals surface area contributed by atoms with Crippen LogP contribution in [-0.4, -0.2) is 20.2 Å². The Morgan fingerprint density at radius 1 is 1.10 bits per heavy atom. The Morgan fingerprint density at radius 3 is 2.57 bits per heavy atom. The Hall–Kier alpha value is -2.75. The predicted molar refractivity (Wildman–Crippen MR) is 84.1 cm³/mol. The third-order valence-electron chi connectivity index (χ3n) is 3.06. The van der Waals surface area contributed by atoms with Gasteiger partial charge in [-0.3, -0.25) is 0 Å². The molecule has 0 atom stereocenters. The molecule has 0 amide bonds. The molecule has 0 radical (unpaired) electrons. The molecule has 0 aromatic heterocycles. The smallest absolute Gasteiger partial charge is 0.337 e. The van der Waals surface area contributed by atoms with E-state index in [9.17, 15) is 4.79 Å². The van der Waals surface area contributed by atoms with Gasteiger partial charge in [-0.15, -0.1) is 0 Å². The van der Waals surface area contributed by atoms with Crippen LogP contribution in [0.1, 0.15) is 21.5 Å². The minimum absolute atomic E-state index is 0.353. The zero-order chi connectivity index (χ0) is 15.2. The first-order valence-electron chi connectivity index (χ1n) is 6.44. The molecular weight excluding hydrogens is 266 g/mol. The van der Waals surface area contributed by atoms with Gasteiger partial charge in [0.15, 0.2) is 0 Å². The predicted octanol–water partition coefficient (Wildman–Crippen LogP) is 3.23. The highest BCUT2D eigenvalue weighted by Crippen LogP contribution is 2.21. The van der Waals surface area contributed by atoms with Gasteiger partial charge in [-0.05, 0) is 35.4 Å². The van der Waals surface area contributed by atoms with Gasteiger partial charge in [0.05, 0.1) is 19.8 Å². The second-order valence-corrected chi connectivity index (χ2v) is 4.45. The summed E-state index contributed by atoms with van der Waals surface area (Å²) >= 11 is 0. The average Bonchev–Trinajstić information content (AvgIpc) is 2.53. The van der Waals surface area contributed by atoms with E-state index in [1.807, 2.05) is 36.4 Å². The van der Waals surface area contributed by atoms with Crippen LogP contribution in [0.25, 0.3) is 12.2 Å². The Labute approximate surface area is 123 Å². The van der Waals surface area contributed by atoms with Crippen molar-refractivity contribution < 1.29 is 14.3 Å². The van der Waals surface area contributed by atoms with Crippen LogP contribution < -0.4 is 10.5 Å². The van der Waals surface area contributed by atoms with Crippen LogP contribution in [0.2, 0.25) is 0 Å². The molecule has 0 aliphatic carbocycles. The fourth-order valence-corrected chi connectivity index (χ4v) is 1.90. The molecule has 4 heteroatoms. The molecule has 0 bridgehead atoms. The van der Waals surface area contributed by atoms with E-state index in [-0.39, 0.29) is 5.97 Å². The van der Waals surface area contributed by atoms with Crippen LogP contribution in [0, 0.1) is 0 Å². The number of ether oxygens (including phenoxy) is 2. The SMILES string of the molecule is COC(=O)c1cccc(/C=C/c2ccc(OC)cc2N)c1. The molecule has 21 heavy (non-hydrogen) atoms. The standard InChI is InChI=1S/C17H17NO3/c1-20-15-9-8-13(16(18)11-15)7-6-12-4-3-5-14(10-12)17(19)21-2/h3-11H,18H2,1-2H3/b7-6+. The highest BCUT2D eigenvalue weighted by molar-refractivity contribution is 5.90. The van der Waals surface area contributed by atoms with Crippen LogP contribution in [-0.2, 0) is 4.74 Å². The minimum Gasteiger partial charge on any atom is -0.497 e. The van der Waals surface area contributed by atoms with Crippen LogP contribution in [0.3, 0.4) is 0 Å². The number of esters is 1. The summed E-state index contributed by atoms with van der Waals surface area (Å²) in [7, 11) is 2.96. The molecule has 0 aliphatic heterocycles. The lowest BCUT2D eigenvalue weighted by Gasteiger charge is -2.04.